The maximum absolute atomic E-state index is 13.9. The van der Waals surface area contributed by atoms with Crippen LogP contribution in [-0.4, -0.2) is 48.7 Å². The normalized spacial score (nSPS) is 14.3. The maximum Gasteiger partial charge on any atom is 0.323 e. The number of carbonyl (C=O) groups excluding carboxylic acids is 2. The van der Waals surface area contributed by atoms with E-state index in [2.05, 4.69) is 24.0 Å². The van der Waals surface area contributed by atoms with Crippen LogP contribution < -0.4 is 14.9 Å². The highest BCUT2D eigenvalue weighted by Crippen LogP contribution is 2.40. The van der Waals surface area contributed by atoms with E-state index in [0.29, 0.717) is 17.9 Å². The van der Waals surface area contributed by atoms with Gasteiger partial charge in [0.05, 0.1) is 13.2 Å². The van der Waals surface area contributed by atoms with Gasteiger partial charge in [0.15, 0.2) is 6.35 Å². The second-order valence-electron chi connectivity index (χ2n) is 10.4. The number of aryl methyl sites for hydroxylation is 1. The Kier molecular flexibility index (Phi) is 12.2. The molecule has 2 aromatic carbocycles. The first-order valence-electron chi connectivity index (χ1n) is 13.7. The van der Waals surface area contributed by atoms with E-state index < -0.39 is 31.5 Å². The van der Waals surface area contributed by atoms with Gasteiger partial charge in [0.1, 0.15) is 23.6 Å². The highest BCUT2D eigenvalue weighted by atomic mass is 31.2. The summed E-state index contributed by atoms with van der Waals surface area (Å²) in [6.45, 7) is 16.9. The van der Waals surface area contributed by atoms with Crippen molar-refractivity contribution < 1.29 is 33.5 Å². The number of hydrogen-bond acceptors (Lipinski definition) is 7. The molecule has 0 aliphatic heterocycles. The number of carbonyl (C=O) groups is 2. The third-order valence-electron chi connectivity index (χ3n) is 6.79. The van der Waals surface area contributed by atoms with Gasteiger partial charge >= 0.3 is 11.9 Å². The van der Waals surface area contributed by atoms with E-state index in [4.69, 9.17) is 14.2 Å². The number of ether oxygens (including phenoxy) is 3. The van der Waals surface area contributed by atoms with Crippen molar-refractivity contribution in [2.24, 2.45) is 0 Å². The zero-order valence-corrected chi connectivity index (χ0v) is 26.1. The average Bonchev–Trinajstić information content (AvgIpc) is 2.88. The van der Waals surface area contributed by atoms with Crippen LogP contribution in [-0.2, 0) is 30.0 Å². The van der Waals surface area contributed by atoms with E-state index in [0.717, 1.165) is 33.4 Å². The Labute approximate surface area is 238 Å². The Balaban J connectivity index is 2.32. The van der Waals surface area contributed by atoms with Gasteiger partial charge < -0.3 is 19.3 Å². The summed E-state index contributed by atoms with van der Waals surface area (Å²) in [6, 6.07) is 5.83. The molecule has 0 saturated carbocycles. The first kappa shape index (κ1) is 33.3. The molecule has 0 saturated heterocycles. The SMILES string of the molecule is CCOC(=O)[C@H](C)NP(=O)(COc1cc(C)c(Cc2ccc(O)c(C(C)C)c2)c(C)c1C)N[C@H](C)C(=O)OCC. The Hall–Kier alpha value is -2.87. The van der Waals surface area contributed by atoms with E-state index in [-0.39, 0.29) is 25.5 Å². The molecule has 0 aromatic heterocycles. The van der Waals surface area contributed by atoms with Crippen LogP contribution in [0.4, 0.5) is 0 Å². The summed E-state index contributed by atoms with van der Waals surface area (Å²) in [4.78, 5) is 24.5. The molecule has 0 bridgehead atoms. The van der Waals surface area contributed by atoms with Crippen LogP contribution in [0.1, 0.15) is 80.8 Å². The molecule has 2 aromatic rings. The maximum atomic E-state index is 13.9. The van der Waals surface area contributed by atoms with Gasteiger partial charge in [-0.05, 0) is 106 Å². The van der Waals surface area contributed by atoms with Crippen LogP contribution in [0.3, 0.4) is 0 Å². The summed E-state index contributed by atoms with van der Waals surface area (Å²) < 4.78 is 30.1. The zero-order chi connectivity index (χ0) is 30.2. The van der Waals surface area contributed by atoms with Crippen molar-refractivity contribution in [3.63, 3.8) is 0 Å². The Bertz CT molecular complexity index is 1220. The van der Waals surface area contributed by atoms with Gasteiger partial charge in [0.2, 0.25) is 7.44 Å². The molecule has 2 rings (SSSR count). The van der Waals surface area contributed by atoms with Crippen LogP contribution >= 0.6 is 7.44 Å². The zero-order valence-electron chi connectivity index (χ0n) is 25.2. The summed E-state index contributed by atoms with van der Waals surface area (Å²) in [5.41, 5.74) is 6.11. The van der Waals surface area contributed by atoms with Gasteiger partial charge in [0.25, 0.3) is 0 Å². The molecule has 0 radical (unpaired) electrons. The quantitative estimate of drug-likeness (QED) is 0.194. The summed E-state index contributed by atoms with van der Waals surface area (Å²) in [6.07, 6.45) is 0.379. The number of esters is 2. The minimum absolute atomic E-state index is 0.186. The van der Waals surface area contributed by atoms with E-state index in [1.165, 1.54) is 0 Å². The van der Waals surface area contributed by atoms with Crippen molar-refractivity contribution in [3.05, 3.63) is 57.6 Å². The van der Waals surface area contributed by atoms with E-state index in [1.807, 2.05) is 39.0 Å². The molecular formula is C30H45N2O7P. The number of aromatic hydroxyl groups is 1. The van der Waals surface area contributed by atoms with Crippen LogP contribution in [0.2, 0.25) is 0 Å². The van der Waals surface area contributed by atoms with Crippen LogP contribution in [0.15, 0.2) is 24.3 Å². The van der Waals surface area contributed by atoms with Crippen LogP contribution in [0.25, 0.3) is 0 Å². The molecule has 3 atom stereocenters. The fraction of sp³-hybridized carbons (Fsp3) is 0.533. The van der Waals surface area contributed by atoms with Crippen molar-refractivity contribution >= 4 is 19.4 Å². The second-order valence-corrected chi connectivity index (χ2v) is 12.6. The number of phenolic OH excluding ortho intramolecular Hbond substituents is 1. The Morgan fingerprint density at radius 3 is 1.95 bits per heavy atom. The minimum atomic E-state index is -3.64. The molecule has 0 spiro atoms. The fourth-order valence-corrected chi connectivity index (χ4v) is 6.45. The lowest BCUT2D eigenvalue weighted by molar-refractivity contribution is -0.145. The van der Waals surface area contributed by atoms with Crippen molar-refractivity contribution in [1.29, 1.82) is 0 Å². The lowest BCUT2D eigenvalue weighted by atomic mass is 9.91. The smallest absolute Gasteiger partial charge is 0.323 e. The molecular weight excluding hydrogens is 531 g/mol. The lowest BCUT2D eigenvalue weighted by Gasteiger charge is -2.27. The largest absolute Gasteiger partial charge is 0.508 e. The number of phenols is 1. The predicted molar refractivity (Wildman–Crippen MR) is 157 cm³/mol. The summed E-state index contributed by atoms with van der Waals surface area (Å²) in [7, 11) is -3.64. The summed E-state index contributed by atoms with van der Waals surface area (Å²) >= 11 is 0. The first-order valence-corrected chi connectivity index (χ1v) is 15.6. The molecule has 3 N–H and O–H groups in total. The minimum Gasteiger partial charge on any atom is -0.508 e. The molecule has 0 fully saturated rings. The fourth-order valence-electron chi connectivity index (χ4n) is 4.44. The van der Waals surface area contributed by atoms with E-state index in [1.54, 1.807) is 33.8 Å². The monoisotopic (exact) mass is 576 g/mol. The van der Waals surface area contributed by atoms with Crippen molar-refractivity contribution in [1.82, 2.24) is 10.2 Å². The molecule has 0 aliphatic carbocycles. The molecule has 0 aliphatic rings. The molecule has 9 nitrogen and oxygen atoms in total. The van der Waals surface area contributed by atoms with Gasteiger partial charge in [0, 0.05) is 0 Å². The van der Waals surface area contributed by atoms with Crippen molar-refractivity contribution in [2.75, 3.05) is 19.6 Å². The highest BCUT2D eigenvalue weighted by Gasteiger charge is 2.33. The molecule has 1 unspecified atom stereocenters. The highest BCUT2D eigenvalue weighted by molar-refractivity contribution is 7.59. The van der Waals surface area contributed by atoms with Crippen LogP contribution in [0.5, 0.6) is 11.5 Å². The summed E-state index contributed by atoms with van der Waals surface area (Å²) in [5.74, 6) is -0.0570. The Morgan fingerprint density at radius 2 is 1.45 bits per heavy atom. The van der Waals surface area contributed by atoms with Gasteiger partial charge in [-0.15, -0.1) is 0 Å². The predicted octanol–water partition coefficient (Wildman–Crippen LogP) is 5.64. The average molecular weight is 577 g/mol. The molecule has 0 amide bonds. The second kappa shape index (κ2) is 14.7. The number of rotatable bonds is 14. The van der Waals surface area contributed by atoms with Crippen molar-refractivity contribution in [3.8, 4) is 11.5 Å². The van der Waals surface area contributed by atoms with Crippen molar-refractivity contribution in [2.45, 2.75) is 86.7 Å². The van der Waals surface area contributed by atoms with Crippen LogP contribution in [0, 0.1) is 20.8 Å². The standard InChI is InChI=1S/C30H45N2O7P/c1-10-37-29(34)22(8)31-40(36,32-23(9)30(35)38-11-2)17-39-28-14-19(5)26(20(6)21(28)7)16-24-12-13-27(33)25(15-24)18(3)4/h12-15,18,22-23,33H,10-11,16-17H2,1-9H3,(H2,31,32,36)/t22-,23+,40?. The van der Waals surface area contributed by atoms with Gasteiger partial charge in [-0.3, -0.25) is 14.2 Å². The molecule has 0 heterocycles. The third kappa shape index (κ3) is 8.82. The third-order valence-corrected chi connectivity index (χ3v) is 8.89. The number of nitrogens with one attached hydrogen (secondary N) is 2. The van der Waals surface area contributed by atoms with Gasteiger partial charge in [-0.1, -0.05) is 26.0 Å². The molecule has 222 valence electrons. The topological polar surface area (TPSA) is 123 Å². The lowest BCUT2D eigenvalue weighted by Crippen LogP contribution is -2.43. The number of benzene rings is 2. The first-order chi connectivity index (χ1) is 18.7. The molecule has 10 heteroatoms. The van der Waals surface area contributed by atoms with E-state index >= 15 is 0 Å². The summed E-state index contributed by atoms with van der Waals surface area (Å²) in [5, 5.41) is 15.8. The van der Waals surface area contributed by atoms with E-state index in [9.17, 15) is 19.3 Å². The van der Waals surface area contributed by atoms with Gasteiger partial charge in [-0.25, -0.2) is 10.2 Å². The molecule has 40 heavy (non-hydrogen) atoms. The number of hydrogen-bond donors (Lipinski definition) is 3. The van der Waals surface area contributed by atoms with Gasteiger partial charge in [-0.2, -0.15) is 0 Å². The Morgan fingerprint density at radius 1 is 0.900 bits per heavy atom.